The maximum atomic E-state index is 13.2. The highest BCUT2D eigenvalue weighted by Crippen LogP contribution is 2.38. The third-order valence-corrected chi connectivity index (χ3v) is 8.22. The van der Waals surface area contributed by atoms with Crippen LogP contribution in [-0.4, -0.2) is 52.8 Å². The summed E-state index contributed by atoms with van der Waals surface area (Å²) in [4.78, 5) is 32.7. The molecule has 4 heterocycles. The highest BCUT2D eigenvalue weighted by atomic mass is 32.1. The van der Waals surface area contributed by atoms with Gasteiger partial charge >= 0.3 is 6.18 Å². The number of hydrogen-bond donors (Lipinski definition) is 1. The number of carbonyl (C=O) groups excluding carboxylic acids is 2. The van der Waals surface area contributed by atoms with Crippen molar-refractivity contribution in [2.75, 3.05) is 26.2 Å². The summed E-state index contributed by atoms with van der Waals surface area (Å²) < 4.78 is 39.7. The van der Waals surface area contributed by atoms with E-state index in [0.717, 1.165) is 55.0 Å². The van der Waals surface area contributed by atoms with Crippen LogP contribution in [0.15, 0.2) is 36.5 Å². The molecule has 0 bridgehead atoms. The predicted molar refractivity (Wildman–Crippen MR) is 120 cm³/mol. The van der Waals surface area contributed by atoms with E-state index in [4.69, 9.17) is 0 Å². The standard InChI is InChI=1S/C24H24F3N3O2S/c1-14-18-5-4-17(24(25,26)27)11-20(18)33-21(14)23(32)29-9-6-15(7-10-29)16-12-30(13-16)22(31)19-3-2-8-28-19/h2-5,8,11,15-16,28H,6-7,9-10,12-13H2,1H3. The fourth-order valence-corrected chi connectivity index (χ4v) is 6.15. The summed E-state index contributed by atoms with van der Waals surface area (Å²) in [5, 5.41) is 0.701. The number of aromatic nitrogens is 1. The Hall–Kier alpha value is -2.81. The average molecular weight is 476 g/mol. The minimum atomic E-state index is -4.40. The molecule has 5 nitrogen and oxygen atoms in total. The number of alkyl halides is 3. The van der Waals surface area contributed by atoms with Gasteiger partial charge in [-0.15, -0.1) is 11.3 Å². The molecule has 33 heavy (non-hydrogen) atoms. The van der Waals surface area contributed by atoms with Crippen molar-refractivity contribution < 1.29 is 22.8 Å². The van der Waals surface area contributed by atoms with Crippen LogP contribution in [0.3, 0.4) is 0 Å². The Labute approximate surface area is 193 Å². The van der Waals surface area contributed by atoms with Crippen LogP contribution >= 0.6 is 11.3 Å². The van der Waals surface area contributed by atoms with Gasteiger partial charge < -0.3 is 14.8 Å². The van der Waals surface area contributed by atoms with E-state index in [-0.39, 0.29) is 11.8 Å². The molecule has 0 saturated carbocycles. The molecule has 9 heteroatoms. The number of nitrogens with one attached hydrogen (secondary N) is 1. The molecule has 2 aliphatic heterocycles. The van der Waals surface area contributed by atoms with Crippen LogP contribution in [0.25, 0.3) is 10.1 Å². The number of H-pyrrole nitrogens is 1. The number of likely N-dealkylation sites (tertiary alicyclic amines) is 2. The Morgan fingerprint density at radius 2 is 1.76 bits per heavy atom. The van der Waals surface area contributed by atoms with Crippen molar-refractivity contribution in [2.45, 2.75) is 25.9 Å². The van der Waals surface area contributed by atoms with Gasteiger partial charge in [0.15, 0.2) is 0 Å². The normalized spacial score (nSPS) is 18.1. The SMILES string of the molecule is Cc1c(C(=O)N2CCC(C3CN(C(=O)c4ccc[nH]4)C3)CC2)sc2cc(C(F)(F)F)ccc12. The van der Waals surface area contributed by atoms with E-state index in [1.807, 2.05) is 15.9 Å². The maximum Gasteiger partial charge on any atom is 0.416 e. The summed E-state index contributed by atoms with van der Waals surface area (Å²) in [6.07, 6.45) is -0.904. The fourth-order valence-electron chi connectivity index (χ4n) is 4.93. The summed E-state index contributed by atoms with van der Waals surface area (Å²) in [5.41, 5.74) is 0.656. The average Bonchev–Trinajstić information content (AvgIpc) is 3.40. The number of carbonyl (C=O) groups is 2. The molecule has 0 radical (unpaired) electrons. The molecule has 0 spiro atoms. The third kappa shape index (κ3) is 4.03. The molecule has 2 amide bonds. The minimum absolute atomic E-state index is 0.0257. The van der Waals surface area contributed by atoms with E-state index >= 15 is 0 Å². The Morgan fingerprint density at radius 1 is 1.03 bits per heavy atom. The lowest BCUT2D eigenvalue weighted by molar-refractivity contribution is -0.137. The van der Waals surface area contributed by atoms with Gasteiger partial charge in [-0.2, -0.15) is 13.2 Å². The van der Waals surface area contributed by atoms with Gasteiger partial charge in [-0.25, -0.2) is 0 Å². The van der Waals surface area contributed by atoms with Gasteiger partial charge in [-0.1, -0.05) is 6.07 Å². The molecule has 2 fully saturated rings. The molecule has 5 rings (SSSR count). The van der Waals surface area contributed by atoms with Crippen LogP contribution in [-0.2, 0) is 6.18 Å². The molecule has 2 aliphatic rings. The van der Waals surface area contributed by atoms with Gasteiger partial charge in [0.2, 0.25) is 0 Å². The molecule has 0 atom stereocenters. The number of rotatable bonds is 3. The van der Waals surface area contributed by atoms with Crippen molar-refractivity contribution in [2.24, 2.45) is 11.8 Å². The maximum absolute atomic E-state index is 13.2. The first-order valence-electron chi connectivity index (χ1n) is 11.0. The van der Waals surface area contributed by atoms with E-state index in [9.17, 15) is 22.8 Å². The first kappa shape index (κ1) is 22.0. The number of piperidine rings is 1. The van der Waals surface area contributed by atoms with Crippen LogP contribution < -0.4 is 0 Å². The summed E-state index contributed by atoms with van der Waals surface area (Å²) in [7, 11) is 0. The number of aryl methyl sites for hydroxylation is 1. The number of hydrogen-bond acceptors (Lipinski definition) is 3. The molecular formula is C24H24F3N3O2S. The smallest absolute Gasteiger partial charge is 0.357 e. The van der Waals surface area contributed by atoms with Crippen molar-refractivity contribution in [1.29, 1.82) is 0 Å². The van der Waals surface area contributed by atoms with Crippen LogP contribution in [0.4, 0.5) is 13.2 Å². The number of benzene rings is 1. The summed E-state index contributed by atoms with van der Waals surface area (Å²) in [6.45, 7) is 4.55. The Bertz CT molecular complexity index is 1190. The summed E-state index contributed by atoms with van der Waals surface area (Å²) in [6, 6.07) is 7.26. The van der Waals surface area contributed by atoms with Gasteiger partial charge in [-0.3, -0.25) is 9.59 Å². The van der Waals surface area contributed by atoms with E-state index in [0.29, 0.717) is 45.6 Å². The van der Waals surface area contributed by atoms with Crippen LogP contribution in [0.1, 0.15) is 44.1 Å². The van der Waals surface area contributed by atoms with Crippen LogP contribution in [0, 0.1) is 18.8 Å². The molecule has 2 aromatic heterocycles. The van der Waals surface area contributed by atoms with Crippen molar-refractivity contribution in [3.8, 4) is 0 Å². The highest BCUT2D eigenvalue weighted by Gasteiger charge is 2.39. The second kappa shape index (κ2) is 8.20. The fraction of sp³-hybridized carbons (Fsp3) is 0.417. The minimum Gasteiger partial charge on any atom is -0.357 e. The van der Waals surface area contributed by atoms with Crippen molar-refractivity contribution in [1.82, 2.24) is 14.8 Å². The van der Waals surface area contributed by atoms with Gasteiger partial charge in [-0.05, 0) is 66.8 Å². The number of fused-ring (bicyclic) bond motifs is 1. The molecule has 1 N–H and O–H groups in total. The summed E-state index contributed by atoms with van der Waals surface area (Å²) >= 11 is 1.14. The summed E-state index contributed by atoms with van der Waals surface area (Å²) in [5.74, 6) is 0.850. The quantitative estimate of drug-likeness (QED) is 0.568. The first-order valence-corrected chi connectivity index (χ1v) is 11.9. The Morgan fingerprint density at radius 3 is 2.39 bits per heavy atom. The monoisotopic (exact) mass is 475 g/mol. The van der Waals surface area contributed by atoms with Gasteiger partial charge in [0, 0.05) is 37.1 Å². The number of amides is 2. The second-order valence-electron chi connectivity index (χ2n) is 8.95. The lowest BCUT2D eigenvalue weighted by Gasteiger charge is -2.46. The zero-order valence-electron chi connectivity index (χ0n) is 18.1. The van der Waals surface area contributed by atoms with Crippen LogP contribution in [0.5, 0.6) is 0 Å². The van der Waals surface area contributed by atoms with Gasteiger partial charge in [0.05, 0.1) is 10.4 Å². The van der Waals surface area contributed by atoms with E-state index in [2.05, 4.69) is 4.98 Å². The van der Waals surface area contributed by atoms with Gasteiger partial charge in [0.1, 0.15) is 5.69 Å². The van der Waals surface area contributed by atoms with E-state index in [1.54, 1.807) is 19.2 Å². The number of thiophene rings is 1. The Kier molecular flexibility index (Phi) is 5.47. The lowest BCUT2D eigenvalue weighted by Crippen LogP contribution is -2.54. The van der Waals surface area contributed by atoms with Crippen molar-refractivity contribution >= 4 is 33.2 Å². The largest absolute Gasteiger partial charge is 0.416 e. The highest BCUT2D eigenvalue weighted by molar-refractivity contribution is 7.21. The number of aromatic amines is 1. The third-order valence-electron chi connectivity index (χ3n) is 6.98. The molecule has 0 unspecified atom stereocenters. The van der Waals surface area contributed by atoms with E-state index in [1.165, 1.54) is 6.07 Å². The topological polar surface area (TPSA) is 56.4 Å². The molecular weight excluding hydrogens is 451 g/mol. The predicted octanol–water partition coefficient (Wildman–Crippen LogP) is 5.18. The van der Waals surface area contributed by atoms with Crippen LogP contribution in [0.2, 0.25) is 0 Å². The molecule has 174 valence electrons. The van der Waals surface area contributed by atoms with Gasteiger partial charge in [0.25, 0.3) is 11.8 Å². The zero-order valence-corrected chi connectivity index (χ0v) is 18.9. The Balaban J connectivity index is 1.20. The van der Waals surface area contributed by atoms with Crippen molar-refractivity contribution in [3.63, 3.8) is 0 Å². The second-order valence-corrected chi connectivity index (χ2v) is 10.0. The number of nitrogens with zero attached hydrogens (tertiary/aromatic N) is 2. The molecule has 1 aromatic carbocycles. The number of halogens is 3. The van der Waals surface area contributed by atoms with E-state index < -0.39 is 11.7 Å². The van der Waals surface area contributed by atoms with Crippen molar-refractivity contribution in [3.05, 3.63) is 58.2 Å². The molecule has 2 saturated heterocycles. The molecule has 0 aliphatic carbocycles. The lowest BCUT2D eigenvalue weighted by atomic mass is 9.79. The zero-order chi connectivity index (χ0) is 23.3. The molecule has 3 aromatic rings. The first-order chi connectivity index (χ1) is 15.7.